The van der Waals surface area contributed by atoms with Crippen molar-refractivity contribution in [3.63, 3.8) is 0 Å². The first kappa shape index (κ1) is 19.7. The van der Waals surface area contributed by atoms with Gasteiger partial charge in [0.05, 0.1) is 23.4 Å². The van der Waals surface area contributed by atoms with Gasteiger partial charge in [-0.2, -0.15) is 4.31 Å². The molecule has 1 saturated heterocycles. The summed E-state index contributed by atoms with van der Waals surface area (Å²) in [4.78, 5) is 12.7. The van der Waals surface area contributed by atoms with Crippen molar-refractivity contribution in [2.75, 3.05) is 31.6 Å². The lowest BCUT2D eigenvalue weighted by Crippen LogP contribution is -2.40. The molecule has 1 aromatic rings. The highest BCUT2D eigenvalue weighted by atomic mass is 32.2. The van der Waals surface area contributed by atoms with Gasteiger partial charge in [0.15, 0.2) is 0 Å². The molecule has 144 valence electrons. The van der Waals surface area contributed by atoms with E-state index in [2.05, 4.69) is 5.32 Å². The zero-order valence-electron chi connectivity index (χ0n) is 15.0. The fourth-order valence-electron chi connectivity index (χ4n) is 3.29. The highest BCUT2D eigenvalue weighted by molar-refractivity contribution is 8.01. The topological polar surface area (TPSA) is 75.7 Å². The molecule has 2 fully saturated rings. The van der Waals surface area contributed by atoms with E-state index >= 15 is 0 Å². The molecular formula is C18H26N2O4S2. The van der Waals surface area contributed by atoms with Gasteiger partial charge in [-0.3, -0.25) is 4.79 Å². The number of benzene rings is 1. The molecule has 1 aromatic carbocycles. The summed E-state index contributed by atoms with van der Waals surface area (Å²) in [7, 11) is -3.56. The molecular weight excluding hydrogens is 372 g/mol. The lowest BCUT2D eigenvalue weighted by molar-refractivity contribution is -0.115. The Bertz CT molecular complexity index is 726. The number of hydrogen-bond acceptors (Lipinski definition) is 5. The summed E-state index contributed by atoms with van der Waals surface area (Å²) in [5.41, 5.74) is 0.517. The van der Waals surface area contributed by atoms with Crippen molar-refractivity contribution in [2.24, 2.45) is 0 Å². The van der Waals surface area contributed by atoms with Crippen LogP contribution in [-0.4, -0.2) is 55.4 Å². The first-order valence-electron chi connectivity index (χ1n) is 9.11. The van der Waals surface area contributed by atoms with Crippen LogP contribution in [0.5, 0.6) is 0 Å². The van der Waals surface area contributed by atoms with E-state index in [1.54, 1.807) is 30.0 Å². The number of morpholine rings is 1. The Morgan fingerprint density at radius 3 is 2.65 bits per heavy atom. The van der Waals surface area contributed by atoms with E-state index in [0.29, 0.717) is 37.2 Å². The highest BCUT2D eigenvalue weighted by Crippen LogP contribution is 2.32. The van der Waals surface area contributed by atoms with Gasteiger partial charge in [0, 0.05) is 24.0 Å². The fraction of sp³-hybridized carbons (Fsp3) is 0.611. The van der Waals surface area contributed by atoms with E-state index in [1.807, 2.05) is 6.92 Å². The smallest absolute Gasteiger partial charge is 0.243 e. The van der Waals surface area contributed by atoms with Crippen LogP contribution in [0.3, 0.4) is 0 Å². The Balaban J connectivity index is 1.65. The third-order valence-electron chi connectivity index (χ3n) is 4.78. The maximum absolute atomic E-state index is 12.7. The number of amides is 1. The largest absolute Gasteiger partial charge is 0.379 e. The standard InChI is InChI=1S/C18H26N2O4S2/c1-14(25-16-6-2-3-7-16)18(21)19-15-5-4-8-17(13-15)26(22,23)20-9-11-24-12-10-20/h4-5,8,13-14,16H,2-3,6-7,9-12H2,1H3,(H,19,21)/t14-/m1/s1. The summed E-state index contributed by atoms with van der Waals surface area (Å²) < 4.78 is 32.1. The minimum absolute atomic E-state index is 0.0807. The van der Waals surface area contributed by atoms with Crippen LogP contribution in [0.1, 0.15) is 32.6 Å². The number of ether oxygens (including phenoxy) is 1. The fourth-order valence-corrected chi connectivity index (χ4v) is 6.11. The molecule has 1 aliphatic carbocycles. The Labute approximate surface area is 159 Å². The number of nitrogens with one attached hydrogen (secondary N) is 1. The Morgan fingerprint density at radius 1 is 1.27 bits per heavy atom. The zero-order valence-corrected chi connectivity index (χ0v) is 16.7. The average molecular weight is 399 g/mol. The predicted molar refractivity (Wildman–Crippen MR) is 104 cm³/mol. The van der Waals surface area contributed by atoms with Gasteiger partial charge in [0.25, 0.3) is 0 Å². The van der Waals surface area contributed by atoms with E-state index in [9.17, 15) is 13.2 Å². The Kier molecular flexibility index (Phi) is 6.60. The minimum atomic E-state index is -3.56. The van der Waals surface area contributed by atoms with Crippen LogP contribution in [-0.2, 0) is 19.6 Å². The van der Waals surface area contributed by atoms with Gasteiger partial charge < -0.3 is 10.1 Å². The number of sulfonamides is 1. The van der Waals surface area contributed by atoms with Gasteiger partial charge in [-0.15, -0.1) is 11.8 Å². The number of carbonyl (C=O) groups excluding carboxylic acids is 1. The summed E-state index contributed by atoms with van der Waals surface area (Å²) in [6, 6.07) is 6.49. The predicted octanol–water partition coefficient (Wildman–Crippen LogP) is 2.71. The van der Waals surface area contributed by atoms with Gasteiger partial charge in [-0.1, -0.05) is 18.9 Å². The minimum Gasteiger partial charge on any atom is -0.379 e. The molecule has 1 heterocycles. The molecule has 0 bridgehead atoms. The summed E-state index contributed by atoms with van der Waals surface area (Å²) >= 11 is 1.71. The third-order valence-corrected chi connectivity index (χ3v) is 8.15. The molecule has 1 saturated carbocycles. The average Bonchev–Trinajstić information content (AvgIpc) is 3.15. The molecule has 0 spiro atoms. The molecule has 1 N–H and O–H groups in total. The lowest BCUT2D eigenvalue weighted by Gasteiger charge is -2.26. The van der Waals surface area contributed by atoms with Gasteiger partial charge in [0.1, 0.15) is 0 Å². The van der Waals surface area contributed by atoms with E-state index in [-0.39, 0.29) is 16.1 Å². The molecule has 0 radical (unpaired) electrons. The number of rotatable bonds is 6. The SMILES string of the molecule is C[C@@H](SC1CCCC1)C(=O)Nc1cccc(S(=O)(=O)N2CCOCC2)c1. The zero-order chi connectivity index (χ0) is 18.6. The van der Waals surface area contributed by atoms with Gasteiger partial charge in [-0.05, 0) is 38.0 Å². The first-order chi connectivity index (χ1) is 12.5. The second-order valence-electron chi connectivity index (χ2n) is 6.72. The number of anilines is 1. The molecule has 8 heteroatoms. The molecule has 0 aromatic heterocycles. The van der Waals surface area contributed by atoms with Crippen LogP contribution in [0.25, 0.3) is 0 Å². The Morgan fingerprint density at radius 2 is 1.96 bits per heavy atom. The van der Waals surface area contributed by atoms with Crippen molar-refractivity contribution < 1.29 is 17.9 Å². The molecule has 1 aliphatic heterocycles. The molecule has 1 atom stereocenters. The molecule has 6 nitrogen and oxygen atoms in total. The molecule has 2 aliphatic rings. The summed E-state index contributed by atoms with van der Waals surface area (Å²) in [5, 5.41) is 3.27. The van der Waals surface area contributed by atoms with Gasteiger partial charge in [-0.25, -0.2) is 8.42 Å². The summed E-state index contributed by atoms with van der Waals surface area (Å²) in [6.45, 7) is 3.44. The van der Waals surface area contributed by atoms with Crippen LogP contribution in [0.15, 0.2) is 29.2 Å². The van der Waals surface area contributed by atoms with Gasteiger partial charge >= 0.3 is 0 Å². The number of nitrogens with zero attached hydrogens (tertiary/aromatic N) is 1. The number of carbonyl (C=O) groups is 1. The van der Waals surface area contributed by atoms with Crippen LogP contribution in [0.4, 0.5) is 5.69 Å². The highest BCUT2D eigenvalue weighted by Gasteiger charge is 2.27. The van der Waals surface area contributed by atoms with Crippen molar-refractivity contribution >= 4 is 33.4 Å². The van der Waals surface area contributed by atoms with Crippen molar-refractivity contribution in [2.45, 2.75) is 48.0 Å². The van der Waals surface area contributed by atoms with Crippen LogP contribution >= 0.6 is 11.8 Å². The number of thioether (sulfide) groups is 1. The molecule has 0 unspecified atom stereocenters. The van der Waals surface area contributed by atoms with E-state index in [0.717, 1.165) is 0 Å². The van der Waals surface area contributed by atoms with Crippen LogP contribution in [0.2, 0.25) is 0 Å². The van der Waals surface area contributed by atoms with E-state index in [4.69, 9.17) is 4.74 Å². The quantitative estimate of drug-likeness (QED) is 0.797. The van der Waals surface area contributed by atoms with E-state index < -0.39 is 10.0 Å². The van der Waals surface area contributed by atoms with Crippen molar-refractivity contribution in [3.05, 3.63) is 24.3 Å². The van der Waals surface area contributed by atoms with Crippen LogP contribution in [0, 0.1) is 0 Å². The monoisotopic (exact) mass is 398 g/mol. The second kappa shape index (κ2) is 8.73. The number of hydrogen-bond donors (Lipinski definition) is 1. The van der Waals surface area contributed by atoms with E-state index in [1.165, 1.54) is 36.1 Å². The second-order valence-corrected chi connectivity index (χ2v) is 10.3. The van der Waals surface area contributed by atoms with Crippen LogP contribution < -0.4 is 5.32 Å². The summed E-state index contributed by atoms with van der Waals surface area (Å²) in [5.74, 6) is -0.0807. The lowest BCUT2D eigenvalue weighted by atomic mass is 10.3. The first-order valence-corrected chi connectivity index (χ1v) is 11.5. The van der Waals surface area contributed by atoms with Crippen molar-refractivity contribution in [1.82, 2.24) is 4.31 Å². The summed E-state index contributed by atoms with van der Waals surface area (Å²) in [6.07, 6.45) is 4.84. The van der Waals surface area contributed by atoms with Gasteiger partial charge in [0.2, 0.25) is 15.9 Å². The molecule has 26 heavy (non-hydrogen) atoms. The maximum Gasteiger partial charge on any atom is 0.243 e. The van der Waals surface area contributed by atoms with Crippen molar-refractivity contribution in [3.8, 4) is 0 Å². The third kappa shape index (κ3) is 4.79. The maximum atomic E-state index is 12.7. The normalized spacial score (nSPS) is 20.8. The molecule has 3 rings (SSSR count). The Hall–Kier alpha value is -1.09. The molecule has 1 amide bonds. The van der Waals surface area contributed by atoms with Crippen molar-refractivity contribution in [1.29, 1.82) is 0 Å².